The second kappa shape index (κ2) is 4.94. The van der Waals surface area contributed by atoms with E-state index in [1.807, 2.05) is 25.1 Å². The number of hydrazone groups is 1. The molecule has 0 saturated carbocycles. The highest BCUT2D eigenvalue weighted by Gasteiger charge is 1.97. The van der Waals surface area contributed by atoms with Gasteiger partial charge in [-0.2, -0.15) is 5.10 Å². The van der Waals surface area contributed by atoms with Gasteiger partial charge in [0.05, 0.1) is 11.4 Å². The highest BCUT2D eigenvalue weighted by molar-refractivity contribution is 7.12. The summed E-state index contributed by atoms with van der Waals surface area (Å²) in [5, 5.41) is 6.41. The molecule has 2 nitrogen and oxygen atoms in total. The van der Waals surface area contributed by atoms with E-state index in [4.69, 9.17) is 0 Å². The number of hydrogen-bond acceptors (Lipinski definition) is 3. The maximum absolute atomic E-state index is 4.36. The van der Waals surface area contributed by atoms with Crippen molar-refractivity contribution in [2.45, 2.75) is 13.8 Å². The molecule has 0 unspecified atom stereocenters. The number of anilines is 1. The zero-order chi connectivity index (χ0) is 11.4. The zero-order valence-corrected chi connectivity index (χ0v) is 10.2. The van der Waals surface area contributed by atoms with Gasteiger partial charge in [-0.15, -0.1) is 11.3 Å². The Morgan fingerprint density at radius 2 is 2.12 bits per heavy atom. The van der Waals surface area contributed by atoms with Gasteiger partial charge in [0.2, 0.25) is 0 Å². The Hall–Kier alpha value is -1.61. The number of thiophene rings is 1. The summed E-state index contributed by atoms with van der Waals surface area (Å²) in [6.07, 6.45) is 0. The number of nitrogens with zero attached hydrogens (tertiary/aromatic N) is 1. The first-order valence-electron chi connectivity index (χ1n) is 5.16. The minimum absolute atomic E-state index is 1.01. The van der Waals surface area contributed by atoms with Crippen molar-refractivity contribution < 1.29 is 0 Å². The molecule has 0 amide bonds. The van der Waals surface area contributed by atoms with Crippen LogP contribution in [0.2, 0.25) is 0 Å². The molecule has 1 aromatic heterocycles. The van der Waals surface area contributed by atoms with Crippen LogP contribution in [0.4, 0.5) is 5.69 Å². The lowest BCUT2D eigenvalue weighted by molar-refractivity contribution is 1.31. The van der Waals surface area contributed by atoms with Crippen LogP contribution in [0.25, 0.3) is 0 Å². The van der Waals surface area contributed by atoms with E-state index in [0.717, 1.165) is 11.4 Å². The first kappa shape index (κ1) is 10.9. The van der Waals surface area contributed by atoms with Crippen LogP contribution in [0, 0.1) is 6.92 Å². The Kier molecular flexibility index (Phi) is 3.37. The minimum atomic E-state index is 1.01. The highest BCUT2D eigenvalue weighted by Crippen LogP contribution is 2.12. The van der Waals surface area contributed by atoms with Crippen molar-refractivity contribution in [2.24, 2.45) is 5.10 Å². The van der Waals surface area contributed by atoms with Crippen molar-refractivity contribution in [3.8, 4) is 0 Å². The lowest BCUT2D eigenvalue weighted by Gasteiger charge is -2.02. The molecule has 0 radical (unpaired) electrons. The van der Waals surface area contributed by atoms with Crippen LogP contribution in [0.5, 0.6) is 0 Å². The standard InChI is InChI=1S/C13H14N2S/c1-10-5-3-6-12(9-10)15-14-11(2)13-7-4-8-16-13/h3-9,15H,1-2H3. The summed E-state index contributed by atoms with van der Waals surface area (Å²) in [7, 11) is 0. The summed E-state index contributed by atoms with van der Waals surface area (Å²) in [5.41, 5.74) is 6.33. The fraction of sp³-hybridized carbons (Fsp3) is 0.154. The van der Waals surface area contributed by atoms with Crippen molar-refractivity contribution in [3.63, 3.8) is 0 Å². The Labute approximate surface area is 99.6 Å². The van der Waals surface area contributed by atoms with E-state index in [-0.39, 0.29) is 0 Å². The fourth-order valence-corrected chi connectivity index (χ4v) is 2.08. The van der Waals surface area contributed by atoms with E-state index in [9.17, 15) is 0 Å². The summed E-state index contributed by atoms with van der Waals surface area (Å²) >= 11 is 1.70. The predicted octanol–water partition coefficient (Wildman–Crippen LogP) is 3.89. The van der Waals surface area contributed by atoms with Gasteiger partial charge >= 0.3 is 0 Å². The molecule has 3 heteroatoms. The molecule has 1 aromatic carbocycles. The van der Waals surface area contributed by atoms with Gasteiger partial charge in [-0.3, -0.25) is 5.43 Å². The fourth-order valence-electron chi connectivity index (χ4n) is 1.40. The molecule has 16 heavy (non-hydrogen) atoms. The second-order valence-electron chi connectivity index (χ2n) is 3.66. The van der Waals surface area contributed by atoms with Crippen LogP contribution in [0.3, 0.4) is 0 Å². The second-order valence-corrected chi connectivity index (χ2v) is 4.60. The molecule has 1 heterocycles. The quantitative estimate of drug-likeness (QED) is 0.627. The lowest BCUT2D eigenvalue weighted by atomic mass is 10.2. The van der Waals surface area contributed by atoms with Crippen molar-refractivity contribution in [3.05, 3.63) is 52.2 Å². The van der Waals surface area contributed by atoms with Crippen molar-refractivity contribution in [1.29, 1.82) is 0 Å². The maximum Gasteiger partial charge on any atom is 0.0747 e. The molecule has 0 spiro atoms. The number of aryl methyl sites for hydroxylation is 1. The number of nitrogens with one attached hydrogen (secondary N) is 1. The van der Waals surface area contributed by atoms with Gasteiger partial charge in [0.1, 0.15) is 0 Å². The Morgan fingerprint density at radius 3 is 2.81 bits per heavy atom. The summed E-state index contributed by atoms with van der Waals surface area (Å²) in [6.45, 7) is 4.08. The van der Waals surface area contributed by atoms with Crippen LogP contribution in [-0.2, 0) is 0 Å². The lowest BCUT2D eigenvalue weighted by Crippen LogP contribution is -1.97. The van der Waals surface area contributed by atoms with Crippen LogP contribution in [-0.4, -0.2) is 5.71 Å². The van der Waals surface area contributed by atoms with E-state index in [2.05, 4.69) is 41.0 Å². The summed E-state index contributed by atoms with van der Waals surface area (Å²) in [6, 6.07) is 12.3. The summed E-state index contributed by atoms with van der Waals surface area (Å²) in [5.74, 6) is 0. The largest absolute Gasteiger partial charge is 0.278 e. The first-order chi connectivity index (χ1) is 7.75. The molecule has 0 bridgehead atoms. The molecule has 0 saturated heterocycles. The summed E-state index contributed by atoms with van der Waals surface area (Å²) < 4.78 is 0. The predicted molar refractivity (Wildman–Crippen MR) is 71.3 cm³/mol. The third kappa shape index (κ3) is 2.70. The third-order valence-corrected chi connectivity index (χ3v) is 3.23. The zero-order valence-electron chi connectivity index (χ0n) is 9.40. The SMILES string of the molecule is CC(=NNc1cccc(C)c1)c1cccs1. The van der Waals surface area contributed by atoms with Crippen LogP contribution in [0.15, 0.2) is 46.9 Å². The first-order valence-corrected chi connectivity index (χ1v) is 6.04. The van der Waals surface area contributed by atoms with Gasteiger partial charge in [0, 0.05) is 4.88 Å². The van der Waals surface area contributed by atoms with Gasteiger partial charge in [-0.1, -0.05) is 18.2 Å². The molecular formula is C13H14N2S. The Morgan fingerprint density at radius 1 is 1.25 bits per heavy atom. The summed E-state index contributed by atoms with van der Waals surface area (Å²) in [4.78, 5) is 1.19. The van der Waals surface area contributed by atoms with Crippen LogP contribution < -0.4 is 5.43 Å². The molecule has 0 atom stereocenters. The highest BCUT2D eigenvalue weighted by atomic mass is 32.1. The van der Waals surface area contributed by atoms with Crippen LogP contribution in [0.1, 0.15) is 17.4 Å². The number of benzene rings is 1. The smallest absolute Gasteiger partial charge is 0.0747 e. The average molecular weight is 230 g/mol. The van der Waals surface area contributed by atoms with Crippen LogP contribution >= 0.6 is 11.3 Å². The van der Waals surface area contributed by atoms with E-state index >= 15 is 0 Å². The number of hydrogen-bond donors (Lipinski definition) is 1. The molecule has 2 aromatic rings. The maximum atomic E-state index is 4.36. The minimum Gasteiger partial charge on any atom is -0.278 e. The third-order valence-electron chi connectivity index (χ3n) is 2.25. The normalized spacial score (nSPS) is 11.5. The molecule has 82 valence electrons. The van der Waals surface area contributed by atoms with Gasteiger partial charge in [-0.25, -0.2) is 0 Å². The van der Waals surface area contributed by atoms with E-state index in [1.165, 1.54) is 10.4 Å². The molecular weight excluding hydrogens is 216 g/mol. The molecule has 0 fully saturated rings. The molecule has 1 N–H and O–H groups in total. The molecule has 0 aliphatic heterocycles. The topological polar surface area (TPSA) is 24.4 Å². The monoisotopic (exact) mass is 230 g/mol. The van der Waals surface area contributed by atoms with Crippen molar-refractivity contribution >= 4 is 22.7 Å². The van der Waals surface area contributed by atoms with E-state index in [0.29, 0.717) is 0 Å². The molecule has 0 aliphatic carbocycles. The Balaban J connectivity index is 2.09. The molecule has 0 aliphatic rings. The Bertz CT molecular complexity index is 486. The van der Waals surface area contributed by atoms with Gasteiger partial charge in [0.15, 0.2) is 0 Å². The van der Waals surface area contributed by atoms with E-state index < -0.39 is 0 Å². The van der Waals surface area contributed by atoms with Gasteiger partial charge in [0.25, 0.3) is 0 Å². The van der Waals surface area contributed by atoms with E-state index in [1.54, 1.807) is 11.3 Å². The van der Waals surface area contributed by atoms with Gasteiger partial charge < -0.3 is 0 Å². The van der Waals surface area contributed by atoms with Crippen molar-refractivity contribution in [1.82, 2.24) is 0 Å². The van der Waals surface area contributed by atoms with Gasteiger partial charge in [-0.05, 0) is 43.0 Å². The van der Waals surface area contributed by atoms with Crippen molar-refractivity contribution in [2.75, 3.05) is 5.43 Å². The number of rotatable bonds is 3. The molecule has 2 rings (SSSR count). The average Bonchev–Trinajstić information content (AvgIpc) is 2.79.